The van der Waals surface area contributed by atoms with Gasteiger partial charge in [-0.25, -0.2) is 9.97 Å². The van der Waals surface area contributed by atoms with Gasteiger partial charge in [-0.2, -0.15) is 0 Å². The Balaban J connectivity index is 1.53. The summed E-state index contributed by atoms with van der Waals surface area (Å²) < 4.78 is 0. The Labute approximate surface area is 165 Å². The molecule has 1 aromatic heterocycles. The molecule has 6 nitrogen and oxygen atoms in total. The lowest BCUT2D eigenvalue weighted by Crippen LogP contribution is -2.47. The molecule has 0 aliphatic carbocycles. The van der Waals surface area contributed by atoms with E-state index in [4.69, 9.17) is 11.6 Å². The maximum atomic E-state index is 12.1. The van der Waals surface area contributed by atoms with Gasteiger partial charge in [-0.3, -0.25) is 4.79 Å². The highest BCUT2D eigenvalue weighted by molar-refractivity contribution is 6.30. The van der Waals surface area contributed by atoms with E-state index in [2.05, 4.69) is 45.0 Å². The summed E-state index contributed by atoms with van der Waals surface area (Å²) in [5, 5.41) is 3.66. The summed E-state index contributed by atoms with van der Waals surface area (Å²) in [5.41, 5.74) is 1.64. The highest BCUT2D eigenvalue weighted by Gasteiger charge is 2.19. The molecule has 1 amide bonds. The number of piperazine rings is 1. The monoisotopic (exact) mass is 387 g/mol. The SMILES string of the molecule is CC(C)CCNC(=O)c1cnc(N2CCN(c3cccc(Cl)c3)CC2)nc1. The van der Waals surface area contributed by atoms with Crippen molar-refractivity contribution in [1.29, 1.82) is 0 Å². The van der Waals surface area contributed by atoms with E-state index >= 15 is 0 Å². The van der Waals surface area contributed by atoms with Gasteiger partial charge in [0.05, 0.1) is 5.56 Å². The molecule has 0 bridgehead atoms. The topological polar surface area (TPSA) is 61.4 Å². The van der Waals surface area contributed by atoms with Crippen molar-refractivity contribution in [3.05, 3.63) is 47.2 Å². The largest absolute Gasteiger partial charge is 0.368 e. The van der Waals surface area contributed by atoms with Crippen LogP contribution in [0.5, 0.6) is 0 Å². The first-order valence-corrected chi connectivity index (χ1v) is 9.76. The van der Waals surface area contributed by atoms with Crippen molar-refractivity contribution in [2.24, 2.45) is 5.92 Å². The fourth-order valence-corrected chi connectivity index (χ4v) is 3.20. The Morgan fingerprint density at radius 3 is 2.44 bits per heavy atom. The van der Waals surface area contributed by atoms with Crippen LogP contribution in [0.15, 0.2) is 36.7 Å². The third-order valence-corrected chi connectivity index (χ3v) is 4.88. The molecule has 7 heteroatoms. The summed E-state index contributed by atoms with van der Waals surface area (Å²) in [7, 11) is 0. The van der Waals surface area contributed by atoms with Crippen LogP contribution in [0, 0.1) is 5.92 Å². The highest BCUT2D eigenvalue weighted by Crippen LogP contribution is 2.21. The van der Waals surface area contributed by atoms with E-state index in [0.29, 0.717) is 24.0 Å². The molecule has 0 saturated carbocycles. The Hall–Kier alpha value is -2.34. The minimum Gasteiger partial charge on any atom is -0.368 e. The van der Waals surface area contributed by atoms with Crippen molar-refractivity contribution >= 4 is 29.1 Å². The first-order valence-electron chi connectivity index (χ1n) is 9.38. The number of carbonyl (C=O) groups excluding carboxylic acids is 1. The van der Waals surface area contributed by atoms with Gasteiger partial charge in [0.25, 0.3) is 5.91 Å². The van der Waals surface area contributed by atoms with Crippen molar-refractivity contribution < 1.29 is 4.79 Å². The van der Waals surface area contributed by atoms with E-state index in [1.165, 1.54) is 0 Å². The molecule has 2 aromatic rings. The van der Waals surface area contributed by atoms with Gasteiger partial charge in [-0.05, 0) is 30.5 Å². The second-order valence-electron chi connectivity index (χ2n) is 7.16. The second kappa shape index (κ2) is 9.04. The minimum absolute atomic E-state index is 0.118. The second-order valence-corrected chi connectivity index (χ2v) is 7.60. The summed E-state index contributed by atoms with van der Waals surface area (Å²) in [6.45, 7) is 8.34. The molecule has 0 radical (unpaired) electrons. The van der Waals surface area contributed by atoms with E-state index in [9.17, 15) is 4.79 Å². The van der Waals surface area contributed by atoms with Crippen LogP contribution in [0.25, 0.3) is 0 Å². The Morgan fingerprint density at radius 1 is 1.15 bits per heavy atom. The number of anilines is 2. The summed E-state index contributed by atoms with van der Waals surface area (Å²) >= 11 is 6.09. The predicted molar refractivity (Wildman–Crippen MR) is 110 cm³/mol. The third-order valence-electron chi connectivity index (χ3n) is 4.64. The molecular weight excluding hydrogens is 362 g/mol. The lowest BCUT2D eigenvalue weighted by molar-refractivity contribution is 0.0951. The number of aromatic nitrogens is 2. The molecule has 3 rings (SSSR count). The average Bonchev–Trinajstić information content (AvgIpc) is 2.68. The van der Waals surface area contributed by atoms with Gasteiger partial charge in [0, 0.05) is 55.8 Å². The van der Waals surface area contributed by atoms with Crippen LogP contribution in [0.2, 0.25) is 5.02 Å². The van der Waals surface area contributed by atoms with E-state index in [1.807, 2.05) is 18.2 Å². The van der Waals surface area contributed by atoms with E-state index in [0.717, 1.165) is 43.3 Å². The molecule has 1 aliphatic rings. The smallest absolute Gasteiger partial charge is 0.254 e. The Bertz CT molecular complexity index is 757. The van der Waals surface area contributed by atoms with Crippen LogP contribution >= 0.6 is 11.6 Å². The first kappa shape index (κ1) is 19.4. The van der Waals surface area contributed by atoms with Crippen LogP contribution < -0.4 is 15.1 Å². The summed E-state index contributed by atoms with van der Waals surface area (Å²) in [6.07, 6.45) is 4.17. The van der Waals surface area contributed by atoms with Crippen molar-refractivity contribution in [2.45, 2.75) is 20.3 Å². The molecule has 0 spiro atoms. The van der Waals surface area contributed by atoms with Crippen LogP contribution in [-0.2, 0) is 0 Å². The van der Waals surface area contributed by atoms with Gasteiger partial charge in [0.2, 0.25) is 5.95 Å². The predicted octanol–water partition coefficient (Wildman–Crippen LogP) is 3.23. The standard InChI is InChI=1S/C20H26ClN5O/c1-15(2)6-7-22-19(27)16-13-23-20(24-14-16)26-10-8-25(9-11-26)18-5-3-4-17(21)12-18/h3-5,12-15H,6-11H2,1-2H3,(H,22,27). The lowest BCUT2D eigenvalue weighted by Gasteiger charge is -2.36. The maximum Gasteiger partial charge on any atom is 0.254 e. The molecule has 0 unspecified atom stereocenters. The number of carbonyl (C=O) groups is 1. The number of nitrogens with zero attached hydrogens (tertiary/aromatic N) is 4. The lowest BCUT2D eigenvalue weighted by atomic mass is 10.1. The van der Waals surface area contributed by atoms with E-state index in [1.54, 1.807) is 12.4 Å². The van der Waals surface area contributed by atoms with Crippen LogP contribution in [0.4, 0.5) is 11.6 Å². The van der Waals surface area contributed by atoms with Gasteiger partial charge in [-0.1, -0.05) is 31.5 Å². The fraction of sp³-hybridized carbons (Fsp3) is 0.450. The molecule has 1 N–H and O–H groups in total. The summed E-state index contributed by atoms with van der Waals surface area (Å²) in [4.78, 5) is 25.3. The zero-order valence-electron chi connectivity index (χ0n) is 15.9. The molecule has 1 fully saturated rings. The molecule has 1 saturated heterocycles. The highest BCUT2D eigenvalue weighted by atomic mass is 35.5. The van der Waals surface area contributed by atoms with Gasteiger partial charge in [0.1, 0.15) is 0 Å². The number of rotatable bonds is 6. The van der Waals surface area contributed by atoms with Crippen molar-refractivity contribution in [2.75, 3.05) is 42.5 Å². The average molecular weight is 388 g/mol. The van der Waals surface area contributed by atoms with Crippen molar-refractivity contribution in [3.8, 4) is 0 Å². The zero-order chi connectivity index (χ0) is 19.2. The van der Waals surface area contributed by atoms with Crippen molar-refractivity contribution in [1.82, 2.24) is 15.3 Å². The van der Waals surface area contributed by atoms with Gasteiger partial charge in [0.15, 0.2) is 0 Å². The van der Waals surface area contributed by atoms with Crippen LogP contribution in [-0.4, -0.2) is 48.6 Å². The number of nitrogens with one attached hydrogen (secondary N) is 1. The Kier molecular flexibility index (Phi) is 6.50. The molecule has 2 heterocycles. The van der Waals surface area contributed by atoms with Crippen molar-refractivity contribution in [3.63, 3.8) is 0 Å². The zero-order valence-corrected chi connectivity index (χ0v) is 16.6. The van der Waals surface area contributed by atoms with Crippen LogP contribution in [0.1, 0.15) is 30.6 Å². The third kappa shape index (κ3) is 5.32. The molecular formula is C20H26ClN5O. The molecule has 1 aliphatic heterocycles. The summed E-state index contributed by atoms with van der Waals surface area (Å²) in [5.74, 6) is 1.11. The molecule has 1 aromatic carbocycles. The van der Waals surface area contributed by atoms with Gasteiger partial charge >= 0.3 is 0 Å². The summed E-state index contributed by atoms with van der Waals surface area (Å²) in [6, 6.07) is 7.92. The number of amides is 1. The number of halogens is 1. The molecule has 144 valence electrons. The van der Waals surface area contributed by atoms with Gasteiger partial charge < -0.3 is 15.1 Å². The van der Waals surface area contributed by atoms with Crippen LogP contribution in [0.3, 0.4) is 0 Å². The maximum absolute atomic E-state index is 12.1. The number of hydrogen-bond donors (Lipinski definition) is 1. The number of hydrogen-bond acceptors (Lipinski definition) is 5. The minimum atomic E-state index is -0.118. The molecule has 27 heavy (non-hydrogen) atoms. The molecule has 0 atom stereocenters. The normalized spacial score (nSPS) is 14.5. The first-order chi connectivity index (χ1) is 13.0. The number of benzene rings is 1. The fourth-order valence-electron chi connectivity index (χ4n) is 3.02. The van der Waals surface area contributed by atoms with Gasteiger partial charge in [-0.15, -0.1) is 0 Å². The quantitative estimate of drug-likeness (QED) is 0.824. The van der Waals surface area contributed by atoms with E-state index < -0.39 is 0 Å². The van der Waals surface area contributed by atoms with E-state index in [-0.39, 0.29) is 5.91 Å². The Morgan fingerprint density at radius 2 is 1.81 bits per heavy atom.